The SMILES string of the molecule is CN[C@H]1CCN(Cc2cnc(C)s2)C[C@H]1C. The van der Waals surface area contributed by atoms with Crippen LogP contribution in [0.2, 0.25) is 0 Å². The Labute approximate surface area is 102 Å². The number of nitrogens with zero attached hydrogens (tertiary/aromatic N) is 2. The minimum atomic E-state index is 0.694. The number of rotatable bonds is 3. The molecule has 1 fully saturated rings. The number of aryl methyl sites for hydroxylation is 1. The van der Waals surface area contributed by atoms with Crippen LogP contribution in [0.15, 0.2) is 6.20 Å². The average molecular weight is 239 g/mol. The number of nitrogens with one attached hydrogen (secondary N) is 1. The second-order valence-corrected chi connectivity index (χ2v) is 6.06. The average Bonchev–Trinajstić information content (AvgIpc) is 2.64. The minimum absolute atomic E-state index is 0.694. The van der Waals surface area contributed by atoms with Crippen molar-refractivity contribution in [2.75, 3.05) is 20.1 Å². The molecule has 0 bridgehead atoms. The fourth-order valence-corrected chi connectivity index (χ4v) is 3.34. The predicted molar refractivity (Wildman–Crippen MR) is 68.8 cm³/mol. The lowest BCUT2D eigenvalue weighted by atomic mass is 9.94. The fourth-order valence-electron chi connectivity index (χ4n) is 2.50. The van der Waals surface area contributed by atoms with Crippen molar-refractivity contribution in [1.29, 1.82) is 0 Å². The van der Waals surface area contributed by atoms with Crippen LogP contribution in [0, 0.1) is 12.8 Å². The molecular formula is C12H21N3S. The number of aromatic nitrogens is 1. The molecule has 1 aliphatic rings. The van der Waals surface area contributed by atoms with Gasteiger partial charge in [0.15, 0.2) is 0 Å². The highest BCUT2D eigenvalue weighted by Crippen LogP contribution is 2.20. The Kier molecular flexibility index (Phi) is 3.95. The Morgan fingerprint density at radius 2 is 2.44 bits per heavy atom. The Morgan fingerprint density at radius 3 is 3.00 bits per heavy atom. The van der Waals surface area contributed by atoms with E-state index in [1.54, 1.807) is 0 Å². The van der Waals surface area contributed by atoms with E-state index in [-0.39, 0.29) is 0 Å². The molecule has 1 saturated heterocycles. The maximum Gasteiger partial charge on any atom is 0.0897 e. The smallest absolute Gasteiger partial charge is 0.0897 e. The molecule has 0 saturated carbocycles. The van der Waals surface area contributed by atoms with Crippen LogP contribution in [0.25, 0.3) is 0 Å². The van der Waals surface area contributed by atoms with Crippen molar-refractivity contribution in [3.63, 3.8) is 0 Å². The van der Waals surface area contributed by atoms with E-state index in [1.807, 2.05) is 17.5 Å². The molecule has 1 aromatic rings. The summed E-state index contributed by atoms with van der Waals surface area (Å²) in [6.07, 6.45) is 3.28. The van der Waals surface area contributed by atoms with Crippen molar-refractivity contribution in [1.82, 2.24) is 15.2 Å². The summed E-state index contributed by atoms with van der Waals surface area (Å²) in [5.41, 5.74) is 0. The molecule has 1 aliphatic heterocycles. The van der Waals surface area contributed by atoms with Gasteiger partial charge in [0.25, 0.3) is 0 Å². The molecule has 0 radical (unpaired) electrons. The molecule has 1 N–H and O–H groups in total. The van der Waals surface area contributed by atoms with Crippen LogP contribution < -0.4 is 5.32 Å². The summed E-state index contributed by atoms with van der Waals surface area (Å²) in [7, 11) is 2.07. The maximum absolute atomic E-state index is 4.31. The van der Waals surface area contributed by atoms with Crippen LogP contribution >= 0.6 is 11.3 Å². The highest BCUT2D eigenvalue weighted by Gasteiger charge is 2.24. The maximum atomic E-state index is 4.31. The second kappa shape index (κ2) is 5.25. The Hall–Kier alpha value is -0.450. The third kappa shape index (κ3) is 2.81. The highest BCUT2D eigenvalue weighted by atomic mass is 32.1. The van der Waals surface area contributed by atoms with Gasteiger partial charge in [0, 0.05) is 36.8 Å². The van der Waals surface area contributed by atoms with Gasteiger partial charge in [-0.15, -0.1) is 11.3 Å². The number of likely N-dealkylation sites (tertiary alicyclic amines) is 1. The van der Waals surface area contributed by atoms with E-state index >= 15 is 0 Å². The zero-order valence-corrected chi connectivity index (χ0v) is 11.2. The molecule has 0 amide bonds. The van der Waals surface area contributed by atoms with Gasteiger partial charge in [-0.25, -0.2) is 4.98 Å². The van der Waals surface area contributed by atoms with Crippen molar-refractivity contribution in [2.45, 2.75) is 32.9 Å². The Morgan fingerprint density at radius 1 is 1.62 bits per heavy atom. The summed E-state index contributed by atoms with van der Waals surface area (Å²) in [5.74, 6) is 0.743. The summed E-state index contributed by atoms with van der Waals surface area (Å²) >= 11 is 1.82. The molecule has 2 heterocycles. The molecule has 16 heavy (non-hydrogen) atoms. The number of hydrogen-bond acceptors (Lipinski definition) is 4. The molecule has 0 spiro atoms. The van der Waals surface area contributed by atoms with Crippen molar-refractivity contribution in [3.05, 3.63) is 16.1 Å². The van der Waals surface area contributed by atoms with Crippen LogP contribution in [0.3, 0.4) is 0 Å². The standard InChI is InChI=1S/C12H21N3S/c1-9-7-15(5-4-12(9)13-3)8-11-6-14-10(2)16-11/h6,9,12-13H,4-5,7-8H2,1-3H3/t9-,12+/m1/s1. The van der Waals surface area contributed by atoms with Gasteiger partial charge >= 0.3 is 0 Å². The van der Waals surface area contributed by atoms with Crippen LogP contribution in [-0.4, -0.2) is 36.1 Å². The normalized spacial score (nSPS) is 27.2. The first-order chi connectivity index (χ1) is 7.69. The van der Waals surface area contributed by atoms with Gasteiger partial charge in [0.2, 0.25) is 0 Å². The van der Waals surface area contributed by atoms with Gasteiger partial charge in [-0.2, -0.15) is 0 Å². The number of piperidine rings is 1. The molecule has 2 atom stereocenters. The van der Waals surface area contributed by atoms with E-state index < -0.39 is 0 Å². The first kappa shape index (κ1) is 12.0. The van der Waals surface area contributed by atoms with Gasteiger partial charge < -0.3 is 5.32 Å². The van der Waals surface area contributed by atoms with E-state index in [4.69, 9.17) is 0 Å². The largest absolute Gasteiger partial charge is 0.317 e. The van der Waals surface area contributed by atoms with Crippen LogP contribution in [-0.2, 0) is 6.54 Å². The molecular weight excluding hydrogens is 218 g/mol. The van der Waals surface area contributed by atoms with Gasteiger partial charge in [0.05, 0.1) is 5.01 Å². The number of hydrogen-bond donors (Lipinski definition) is 1. The zero-order valence-electron chi connectivity index (χ0n) is 10.4. The monoisotopic (exact) mass is 239 g/mol. The van der Waals surface area contributed by atoms with Crippen molar-refractivity contribution in [2.24, 2.45) is 5.92 Å². The molecule has 0 unspecified atom stereocenters. The van der Waals surface area contributed by atoms with Crippen molar-refractivity contribution < 1.29 is 0 Å². The van der Waals surface area contributed by atoms with E-state index in [0.717, 1.165) is 12.5 Å². The fraction of sp³-hybridized carbons (Fsp3) is 0.750. The number of thiazole rings is 1. The molecule has 0 aliphatic carbocycles. The first-order valence-corrected chi connectivity index (χ1v) is 6.81. The van der Waals surface area contributed by atoms with E-state index in [0.29, 0.717) is 6.04 Å². The summed E-state index contributed by atoms with van der Waals surface area (Å²) < 4.78 is 0. The molecule has 3 nitrogen and oxygen atoms in total. The molecule has 2 rings (SSSR count). The summed E-state index contributed by atoms with van der Waals surface area (Å²) in [5, 5.41) is 4.58. The summed E-state index contributed by atoms with van der Waals surface area (Å²) in [4.78, 5) is 8.25. The topological polar surface area (TPSA) is 28.2 Å². The van der Waals surface area contributed by atoms with Crippen LogP contribution in [0.5, 0.6) is 0 Å². The molecule has 0 aromatic carbocycles. The predicted octanol–water partition coefficient (Wildman–Crippen LogP) is 1.88. The third-order valence-corrected chi connectivity index (χ3v) is 4.31. The lowest BCUT2D eigenvalue weighted by molar-refractivity contribution is 0.146. The van der Waals surface area contributed by atoms with Gasteiger partial charge in [-0.1, -0.05) is 6.92 Å². The Bertz CT molecular complexity index is 337. The summed E-state index contributed by atoms with van der Waals surface area (Å²) in [6, 6.07) is 0.694. The third-order valence-electron chi connectivity index (χ3n) is 3.41. The zero-order chi connectivity index (χ0) is 11.5. The molecule has 90 valence electrons. The van der Waals surface area contributed by atoms with Crippen LogP contribution in [0.1, 0.15) is 23.2 Å². The lowest BCUT2D eigenvalue weighted by Gasteiger charge is -2.36. The van der Waals surface area contributed by atoms with Crippen molar-refractivity contribution in [3.8, 4) is 0 Å². The Balaban J connectivity index is 1.88. The highest BCUT2D eigenvalue weighted by molar-refractivity contribution is 7.11. The van der Waals surface area contributed by atoms with E-state index in [2.05, 4.69) is 36.1 Å². The molecule has 1 aromatic heterocycles. The van der Waals surface area contributed by atoms with Crippen molar-refractivity contribution >= 4 is 11.3 Å². The van der Waals surface area contributed by atoms with Gasteiger partial charge in [0.1, 0.15) is 0 Å². The van der Waals surface area contributed by atoms with Gasteiger partial charge in [-0.3, -0.25) is 4.90 Å². The lowest BCUT2D eigenvalue weighted by Crippen LogP contribution is -2.46. The van der Waals surface area contributed by atoms with Gasteiger partial charge in [-0.05, 0) is 26.3 Å². The summed E-state index contributed by atoms with van der Waals surface area (Å²) in [6.45, 7) is 7.89. The van der Waals surface area contributed by atoms with Crippen LogP contribution in [0.4, 0.5) is 0 Å². The van der Waals surface area contributed by atoms with E-state index in [1.165, 1.54) is 29.4 Å². The quantitative estimate of drug-likeness (QED) is 0.873. The van der Waals surface area contributed by atoms with E-state index in [9.17, 15) is 0 Å². The molecule has 4 heteroatoms. The second-order valence-electron chi connectivity index (χ2n) is 4.74. The minimum Gasteiger partial charge on any atom is -0.317 e. The first-order valence-electron chi connectivity index (χ1n) is 6.00.